The molecule has 5 rings (SSSR count). The molecular weight excluding hydrogens is 476 g/mol. The van der Waals surface area contributed by atoms with Gasteiger partial charge in [0.05, 0.1) is 5.69 Å². The van der Waals surface area contributed by atoms with Crippen LogP contribution >= 0.6 is 0 Å². The van der Waals surface area contributed by atoms with Crippen molar-refractivity contribution in [2.24, 2.45) is 0 Å². The van der Waals surface area contributed by atoms with E-state index in [1.807, 2.05) is 67.3 Å². The number of hydrogen-bond donors (Lipinski definition) is 0. The van der Waals surface area contributed by atoms with Gasteiger partial charge < -0.3 is 4.90 Å². The highest BCUT2D eigenvalue weighted by Gasteiger charge is 2.79. The molecule has 0 saturated carbocycles. The molecule has 0 spiro atoms. The maximum Gasteiger partial charge on any atom is 0.380 e. The molecule has 36 heavy (non-hydrogen) atoms. The molecule has 0 aliphatic heterocycles. The molecule has 0 N–H and O–H groups in total. The molecule has 7 heteroatoms. The molecule has 0 bridgehead atoms. The first kappa shape index (κ1) is 24.0. The number of benzene rings is 4. The summed E-state index contributed by atoms with van der Waals surface area (Å²) in [5, 5.41) is 0. The molecule has 0 fully saturated rings. The fourth-order valence-corrected chi connectivity index (χ4v) is 4.51. The van der Waals surface area contributed by atoms with Crippen molar-refractivity contribution in [2.75, 3.05) is 4.90 Å². The summed E-state index contributed by atoms with van der Waals surface area (Å²) in [5.74, 6) is -15.5. The average Bonchev–Trinajstić information content (AvgIpc) is 2.96. The van der Waals surface area contributed by atoms with Crippen LogP contribution in [0.2, 0.25) is 0 Å². The van der Waals surface area contributed by atoms with Gasteiger partial charge in [-0.25, -0.2) is 0 Å². The lowest BCUT2D eigenvalue weighted by Crippen LogP contribution is -2.43. The molecule has 4 aromatic rings. The summed E-state index contributed by atoms with van der Waals surface area (Å²) in [7, 11) is 0. The van der Waals surface area contributed by atoms with E-state index in [9.17, 15) is 26.3 Å². The standard InChI is InChI=1S/C29H21F6N/c1-18-7-12-21(13-8-18)36(22-14-9-19(2)10-15-22)26-6-4-3-5-23(26)20-11-16-24-25(17-20)28(32,33)29(34,35)27(24,30)31/h3-17H,1-2H3. The van der Waals surface area contributed by atoms with E-state index in [2.05, 4.69) is 0 Å². The molecule has 0 atom stereocenters. The molecule has 0 saturated heterocycles. The van der Waals surface area contributed by atoms with Gasteiger partial charge >= 0.3 is 17.8 Å². The van der Waals surface area contributed by atoms with E-state index in [4.69, 9.17) is 0 Å². The summed E-state index contributed by atoms with van der Waals surface area (Å²) in [4.78, 5) is 1.91. The Labute approximate surface area is 204 Å². The van der Waals surface area contributed by atoms with Gasteiger partial charge in [-0.15, -0.1) is 0 Å². The molecule has 184 valence electrons. The predicted molar refractivity (Wildman–Crippen MR) is 129 cm³/mol. The maximum atomic E-state index is 14.5. The fourth-order valence-electron chi connectivity index (χ4n) is 4.51. The SMILES string of the molecule is Cc1ccc(N(c2ccc(C)cc2)c2ccccc2-c2ccc3c(c2)C(F)(F)C(F)(F)C3(F)F)cc1. The highest BCUT2D eigenvalue weighted by Crippen LogP contribution is 2.63. The van der Waals surface area contributed by atoms with Crippen molar-refractivity contribution in [3.63, 3.8) is 0 Å². The second kappa shape index (κ2) is 8.15. The first-order chi connectivity index (χ1) is 16.9. The molecule has 0 unspecified atom stereocenters. The van der Waals surface area contributed by atoms with Crippen molar-refractivity contribution < 1.29 is 26.3 Å². The molecular formula is C29H21F6N. The molecule has 4 aromatic carbocycles. The second-order valence-corrected chi connectivity index (χ2v) is 9.01. The van der Waals surface area contributed by atoms with Crippen LogP contribution in [0.4, 0.5) is 43.4 Å². The molecule has 0 aromatic heterocycles. The minimum atomic E-state index is -5.52. The Kier molecular flexibility index (Phi) is 5.43. The van der Waals surface area contributed by atoms with E-state index < -0.39 is 28.9 Å². The normalized spacial score (nSPS) is 17.0. The Balaban J connectivity index is 1.71. The second-order valence-electron chi connectivity index (χ2n) is 9.01. The highest BCUT2D eigenvalue weighted by molar-refractivity contribution is 5.88. The predicted octanol–water partition coefficient (Wildman–Crippen LogP) is 9.27. The molecule has 1 nitrogen and oxygen atoms in total. The quantitative estimate of drug-likeness (QED) is 0.254. The number of aryl methyl sites for hydroxylation is 2. The number of halogens is 6. The summed E-state index contributed by atoms with van der Waals surface area (Å²) in [6.45, 7) is 3.90. The number of nitrogens with zero attached hydrogens (tertiary/aromatic N) is 1. The highest BCUT2D eigenvalue weighted by atomic mass is 19.3. The number of hydrogen-bond acceptors (Lipinski definition) is 1. The summed E-state index contributed by atoms with van der Waals surface area (Å²) >= 11 is 0. The Bertz CT molecular complexity index is 1380. The maximum absolute atomic E-state index is 14.5. The van der Waals surface area contributed by atoms with Gasteiger partial charge in [0.1, 0.15) is 0 Å². The van der Waals surface area contributed by atoms with Gasteiger partial charge in [0, 0.05) is 28.1 Å². The van der Waals surface area contributed by atoms with E-state index in [1.54, 1.807) is 24.3 Å². The Morgan fingerprint density at radius 2 is 1.06 bits per heavy atom. The third kappa shape index (κ3) is 3.48. The number of para-hydroxylation sites is 1. The lowest BCUT2D eigenvalue weighted by atomic mass is 9.97. The van der Waals surface area contributed by atoms with Gasteiger partial charge in [0.15, 0.2) is 0 Å². The molecule has 1 aliphatic rings. The van der Waals surface area contributed by atoms with Gasteiger partial charge in [-0.1, -0.05) is 65.7 Å². The van der Waals surface area contributed by atoms with Crippen molar-refractivity contribution in [3.05, 3.63) is 113 Å². The molecule has 1 aliphatic carbocycles. The van der Waals surface area contributed by atoms with E-state index in [1.165, 1.54) is 6.07 Å². The summed E-state index contributed by atoms with van der Waals surface area (Å²) in [6.07, 6.45) is 0. The fraction of sp³-hybridized carbons (Fsp3) is 0.172. The molecule has 0 radical (unpaired) electrons. The van der Waals surface area contributed by atoms with Crippen LogP contribution in [0.3, 0.4) is 0 Å². The smallest absolute Gasteiger partial charge is 0.310 e. The van der Waals surface area contributed by atoms with Crippen LogP contribution in [-0.4, -0.2) is 5.92 Å². The van der Waals surface area contributed by atoms with Crippen molar-refractivity contribution in [3.8, 4) is 11.1 Å². The van der Waals surface area contributed by atoms with Gasteiger partial charge in [-0.2, -0.15) is 26.3 Å². The van der Waals surface area contributed by atoms with Crippen LogP contribution < -0.4 is 4.90 Å². The number of alkyl halides is 6. The van der Waals surface area contributed by atoms with E-state index >= 15 is 0 Å². The first-order valence-corrected chi connectivity index (χ1v) is 11.3. The lowest BCUT2D eigenvalue weighted by Gasteiger charge is -2.28. The van der Waals surface area contributed by atoms with Gasteiger partial charge in [-0.3, -0.25) is 0 Å². The zero-order chi connectivity index (χ0) is 25.9. The van der Waals surface area contributed by atoms with E-state index in [-0.39, 0.29) is 5.56 Å². The third-order valence-corrected chi connectivity index (χ3v) is 6.53. The van der Waals surface area contributed by atoms with E-state index in [0.29, 0.717) is 17.3 Å². The third-order valence-electron chi connectivity index (χ3n) is 6.53. The number of rotatable bonds is 4. The molecule has 0 heterocycles. The zero-order valence-electron chi connectivity index (χ0n) is 19.4. The Morgan fingerprint density at radius 3 is 1.61 bits per heavy atom. The summed E-state index contributed by atoms with van der Waals surface area (Å²) in [5.41, 5.74) is 2.05. The lowest BCUT2D eigenvalue weighted by molar-refractivity contribution is -0.302. The largest absolute Gasteiger partial charge is 0.380 e. The van der Waals surface area contributed by atoms with Crippen LogP contribution in [0.15, 0.2) is 91.0 Å². The van der Waals surface area contributed by atoms with Gasteiger partial charge in [0.2, 0.25) is 0 Å². The van der Waals surface area contributed by atoms with Gasteiger partial charge in [-0.05, 0) is 55.8 Å². The van der Waals surface area contributed by atoms with Crippen molar-refractivity contribution in [1.29, 1.82) is 0 Å². The minimum Gasteiger partial charge on any atom is -0.310 e. The van der Waals surface area contributed by atoms with E-state index in [0.717, 1.165) is 28.6 Å². The topological polar surface area (TPSA) is 3.24 Å². The number of anilines is 3. The first-order valence-electron chi connectivity index (χ1n) is 11.3. The minimum absolute atomic E-state index is 0.127. The summed E-state index contributed by atoms with van der Waals surface area (Å²) < 4.78 is 85.6. The molecule has 0 amide bonds. The van der Waals surface area contributed by atoms with Crippen molar-refractivity contribution in [2.45, 2.75) is 31.6 Å². The van der Waals surface area contributed by atoms with Gasteiger partial charge in [0.25, 0.3) is 0 Å². The van der Waals surface area contributed by atoms with Crippen LogP contribution in [0, 0.1) is 13.8 Å². The van der Waals surface area contributed by atoms with Crippen LogP contribution in [0.25, 0.3) is 11.1 Å². The Morgan fingerprint density at radius 1 is 0.556 bits per heavy atom. The average molecular weight is 497 g/mol. The number of fused-ring (bicyclic) bond motifs is 1. The monoisotopic (exact) mass is 497 g/mol. The van der Waals surface area contributed by atoms with Crippen LogP contribution in [0.5, 0.6) is 0 Å². The summed E-state index contributed by atoms with van der Waals surface area (Å²) in [6, 6.07) is 24.8. The van der Waals surface area contributed by atoms with Crippen molar-refractivity contribution in [1.82, 2.24) is 0 Å². The van der Waals surface area contributed by atoms with Crippen LogP contribution in [-0.2, 0) is 11.8 Å². The zero-order valence-corrected chi connectivity index (χ0v) is 19.4. The van der Waals surface area contributed by atoms with Crippen molar-refractivity contribution >= 4 is 17.1 Å². The van der Waals surface area contributed by atoms with Crippen LogP contribution in [0.1, 0.15) is 22.3 Å². The Hall–Kier alpha value is -3.74.